The molecule has 1 amide bonds. The number of aryl methyl sites for hydroxylation is 1. The first-order chi connectivity index (χ1) is 10.2. The molecule has 2 aromatic rings. The van der Waals surface area contributed by atoms with Gasteiger partial charge in [0.1, 0.15) is 5.75 Å². The highest BCUT2D eigenvalue weighted by Gasteiger charge is 2.06. The number of hydrogen-bond acceptors (Lipinski definition) is 3. The zero-order valence-electron chi connectivity index (χ0n) is 12.1. The fraction of sp³-hybridized carbons (Fsp3) is 0.235. The van der Waals surface area contributed by atoms with Crippen molar-refractivity contribution in [2.24, 2.45) is 0 Å². The SMILES string of the molecule is CCc1ccccc1OCCC(=O)Nc1ccccc1N. The van der Waals surface area contributed by atoms with E-state index in [-0.39, 0.29) is 12.3 Å². The maximum atomic E-state index is 11.9. The third kappa shape index (κ3) is 4.24. The second kappa shape index (κ2) is 7.33. The maximum Gasteiger partial charge on any atom is 0.227 e. The molecule has 0 aliphatic heterocycles. The molecule has 0 atom stereocenters. The van der Waals surface area contributed by atoms with E-state index in [4.69, 9.17) is 10.5 Å². The summed E-state index contributed by atoms with van der Waals surface area (Å²) < 4.78 is 5.67. The van der Waals surface area contributed by atoms with Crippen LogP contribution in [0.4, 0.5) is 11.4 Å². The van der Waals surface area contributed by atoms with Crippen LogP contribution in [0.25, 0.3) is 0 Å². The fourth-order valence-corrected chi connectivity index (χ4v) is 2.01. The standard InChI is InChI=1S/C17H20N2O2/c1-2-13-7-3-6-10-16(13)21-12-11-17(20)19-15-9-5-4-8-14(15)18/h3-10H,2,11-12,18H2,1H3,(H,19,20). The molecule has 3 N–H and O–H groups in total. The highest BCUT2D eigenvalue weighted by Crippen LogP contribution is 2.19. The lowest BCUT2D eigenvalue weighted by Crippen LogP contribution is -2.16. The molecule has 0 fully saturated rings. The number of benzene rings is 2. The highest BCUT2D eigenvalue weighted by molar-refractivity contribution is 5.93. The third-order valence-corrected chi connectivity index (χ3v) is 3.18. The molecule has 0 radical (unpaired) electrons. The first-order valence-electron chi connectivity index (χ1n) is 7.05. The number of nitrogens with one attached hydrogen (secondary N) is 1. The van der Waals surface area contributed by atoms with Crippen LogP contribution in [0.5, 0.6) is 5.75 Å². The summed E-state index contributed by atoms with van der Waals surface area (Å²) in [6, 6.07) is 15.1. The highest BCUT2D eigenvalue weighted by atomic mass is 16.5. The summed E-state index contributed by atoms with van der Waals surface area (Å²) in [4.78, 5) is 11.9. The zero-order valence-corrected chi connectivity index (χ0v) is 12.1. The summed E-state index contributed by atoms with van der Waals surface area (Å²) in [6.45, 7) is 2.42. The Morgan fingerprint density at radius 1 is 1.14 bits per heavy atom. The van der Waals surface area contributed by atoms with Gasteiger partial charge in [-0.15, -0.1) is 0 Å². The van der Waals surface area contributed by atoms with Crippen LogP contribution in [0.15, 0.2) is 48.5 Å². The normalized spacial score (nSPS) is 10.1. The molecule has 0 aromatic heterocycles. The minimum absolute atomic E-state index is 0.109. The number of carbonyl (C=O) groups excluding carboxylic acids is 1. The largest absolute Gasteiger partial charge is 0.493 e. The Labute approximate surface area is 124 Å². The molecule has 4 heteroatoms. The van der Waals surface area contributed by atoms with Crippen molar-refractivity contribution in [3.8, 4) is 5.75 Å². The van der Waals surface area contributed by atoms with Gasteiger partial charge in [-0.2, -0.15) is 0 Å². The van der Waals surface area contributed by atoms with Gasteiger partial charge >= 0.3 is 0 Å². The van der Waals surface area contributed by atoms with Crippen LogP contribution in [-0.2, 0) is 11.2 Å². The van der Waals surface area contributed by atoms with Gasteiger partial charge in [0.25, 0.3) is 0 Å². The lowest BCUT2D eigenvalue weighted by molar-refractivity contribution is -0.116. The predicted molar refractivity (Wildman–Crippen MR) is 85.4 cm³/mol. The molecular formula is C17H20N2O2. The number of hydrogen-bond donors (Lipinski definition) is 2. The quantitative estimate of drug-likeness (QED) is 0.800. The van der Waals surface area contributed by atoms with Gasteiger partial charge in [-0.25, -0.2) is 0 Å². The van der Waals surface area contributed by atoms with Gasteiger partial charge in [-0.05, 0) is 30.2 Å². The van der Waals surface area contributed by atoms with Crippen molar-refractivity contribution in [3.63, 3.8) is 0 Å². The van der Waals surface area contributed by atoms with Crippen molar-refractivity contribution in [2.75, 3.05) is 17.7 Å². The second-order valence-electron chi connectivity index (χ2n) is 4.70. The van der Waals surface area contributed by atoms with E-state index in [2.05, 4.69) is 12.2 Å². The van der Waals surface area contributed by atoms with Crippen molar-refractivity contribution in [3.05, 3.63) is 54.1 Å². The van der Waals surface area contributed by atoms with E-state index in [0.29, 0.717) is 18.0 Å². The predicted octanol–water partition coefficient (Wildman–Crippen LogP) is 3.24. The van der Waals surface area contributed by atoms with Crippen molar-refractivity contribution >= 4 is 17.3 Å². The van der Waals surface area contributed by atoms with Crippen LogP contribution in [0.2, 0.25) is 0 Å². The van der Waals surface area contributed by atoms with Crippen LogP contribution in [0.3, 0.4) is 0 Å². The topological polar surface area (TPSA) is 64.3 Å². The van der Waals surface area contributed by atoms with Gasteiger partial charge in [0, 0.05) is 0 Å². The second-order valence-corrected chi connectivity index (χ2v) is 4.70. The summed E-state index contributed by atoms with van der Waals surface area (Å²) in [7, 11) is 0. The summed E-state index contributed by atoms with van der Waals surface area (Å²) in [5, 5.41) is 2.78. The van der Waals surface area contributed by atoms with Crippen molar-refractivity contribution in [1.29, 1.82) is 0 Å². The van der Waals surface area contributed by atoms with Gasteiger partial charge in [-0.1, -0.05) is 37.3 Å². The summed E-state index contributed by atoms with van der Waals surface area (Å²) in [5.41, 5.74) is 8.12. The molecule has 0 spiro atoms. The number of rotatable bonds is 6. The molecule has 0 aliphatic rings. The van der Waals surface area contributed by atoms with Crippen LogP contribution in [-0.4, -0.2) is 12.5 Å². The lowest BCUT2D eigenvalue weighted by atomic mass is 10.1. The van der Waals surface area contributed by atoms with Gasteiger partial charge in [0.15, 0.2) is 0 Å². The number of nitrogens with two attached hydrogens (primary N) is 1. The Bertz CT molecular complexity index is 611. The molecule has 0 heterocycles. The van der Waals surface area contributed by atoms with E-state index < -0.39 is 0 Å². The van der Waals surface area contributed by atoms with E-state index in [1.54, 1.807) is 12.1 Å². The molecular weight excluding hydrogens is 264 g/mol. The number of ether oxygens (including phenoxy) is 1. The Kier molecular flexibility index (Phi) is 5.21. The van der Waals surface area contributed by atoms with Crippen molar-refractivity contribution < 1.29 is 9.53 Å². The van der Waals surface area contributed by atoms with E-state index in [0.717, 1.165) is 17.7 Å². The van der Waals surface area contributed by atoms with Gasteiger partial charge in [0.05, 0.1) is 24.4 Å². The number of carbonyl (C=O) groups is 1. The third-order valence-electron chi connectivity index (χ3n) is 3.18. The fourth-order valence-electron chi connectivity index (χ4n) is 2.01. The Hall–Kier alpha value is -2.49. The Morgan fingerprint density at radius 2 is 1.86 bits per heavy atom. The van der Waals surface area contributed by atoms with Gasteiger partial charge < -0.3 is 15.8 Å². The minimum atomic E-state index is -0.109. The van der Waals surface area contributed by atoms with Crippen molar-refractivity contribution in [1.82, 2.24) is 0 Å². The molecule has 2 rings (SSSR count). The number of amides is 1. The monoisotopic (exact) mass is 284 g/mol. The van der Waals surface area contributed by atoms with E-state index in [9.17, 15) is 4.79 Å². The van der Waals surface area contributed by atoms with Crippen LogP contribution < -0.4 is 15.8 Å². The van der Waals surface area contributed by atoms with Crippen molar-refractivity contribution in [2.45, 2.75) is 19.8 Å². The number of nitrogen functional groups attached to an aromatic ring is 1. The number of para-hydroxylation sites is 3. The van der Waals surface area contributed by atoms with Gasteiger partial charge in [-0.3, -0.25) is 4.79 Å². The molecule has 4 nitrogen and oxygen atoms in total. The molecule has 2 aromatic carbocycles. The first-order valence-corrected chi connectivity index (χ1v) is 7.05. The van der Waals surface area contributed by atoms with Crippen LogP contribution >= 0.6 is 0 Å². The Balaban J connectivity index is 1.83. The lowest BCUT2D eigenvalue weighted by Gasteiger charge is -2.11. The van der Waals surface area contributed by atoms with E-state index in [1.807, 2.05) is 36.4 Å². The molecule has 0 saturated heterocycles. The van der Waals surface area contributed by atoms with Gasteiger partial charge in [0.2, 0.25) is 5.91 Å². The molecule has 0 aliphatic carbocycles. The average Bonchev–Trinajstić information content (AvgIpc) is 2.50. The minimum Gasteiger partial charge on any atom is -0.493 e. The van der Waals surface area contributed by atoms with Crippen LogP contribution in [0, 0.1) is 0 Å². The smallest absolute Gasteiger partial charge is 0.227 e. The summed E-state index contributed by atoms with van der Waals surface area (Å²) >= 11 is 0. The maximum absolute atomic E-state index is 11.9. The van der Waals surface area contributed by atoms with E-state index >= 15 is 0 Å². The molecule has 0 unspecified atom stereocenters. The molecule has 0 saturated carbocycles. The Morgan fingerprint density at radius 3 is 2.62 bits per heavy atom. The first kappa shape index (κ1) is 14.9. The molecule has 21 heavy (non-hydrogen) atoms. The molecule has 110 valence electrons. The van der Waals surface area contributed by atoms with Crippen LogP contribution in [0.1, 0.15) is 18.9 Å². The van der Waals surface area contributed by atoms with E-state index in [1.165, 1.54) is 0 Å². The number of anilines is 2. The average molecular weight is 284 g/mol. The summed E-state index contributed by atoms with van der Waals surface area (Å²) in [5.74, 6) is 0.730. The zero-order chi connectivity index (χ0) is 15.1. The summed E-state index contributed by atoms with van der Waals surface area (Å²) in [6.07, 6.45) is 1.19. The molecule has 0 bridgehead atoms.